The van der Waals surface area contributed by atoms with Gasteiger partial charge in [-0.15, -0.1) is 0 Å². The fourth-order valence-corrected chi connectivity index (χ4v) is 4.08. The Balaban J connectivity index is 2.22. The average molecular weight is 348 g/mol. The molecule has 1 aromatic rings. The van der Waals surface area contributed by atoms with Crippen LogP contribution in [0, 0.1) is 6.92 Å². The highest BCUT2D eigenvalue weighted by Gasteiger charge is 2.24. The molecule has 3 N–H and O–H groups in total. The second-order valence-electron chi connectivity index (χ2n) is 4.76. The summed E-state index contributed by atoms with van der Waals surface area (Å²) in [7, 11) is -3.49. The molecule has 5 nitrogen and oxygen atoms in total. The van der Waals surface area contributed by atoms with E-state index in [1.807, 2.05) is 13.0 Å². The number of halogens is 1. The van der Waals surface area contributed by atoms with Gasteiger partial charge in [0.1, 0.15) is 0 Å². The molecule has 0 radical (unpaired) electrons. The zero-order valence-corrected chi connectivity index (χ0v) is 13.2. The maximum atomic E-state index is 12.3. The van der Waals surface area contributed by atoms with Crippen molar-refractivity contribution < 1.29 is 8.42 Å². The van der Waals surface area contributed by atoms with E-state index in [1.165, 1.54) is 4.31 Å². The first-order chi connectivity index (χ1) is 8.90. The molecule has 19 heavy (non-hydrogen) atoms. The number of benzene rings is 1. The lowest BCUT2D eigenvalue weighted by atomic mass is 10.2. The minimum Gasteiger partial charge on any atom is -0.398 e. The van der Waals surface area contributed by atoms with E-state index in [2.05, 4.69) is 20.7 Å². The summed E-state index contributed by atoms with van der Waals surface area (Å²) in [6.45, 7) is 3.03. The zero-order valence-electron chi connectivity index (χ0n) is 10.8. The zero-order chi connectivity index (χ0) is 14.0. The second kappa shape index (κ2) is 5.68. The van der Waals surface area contributed by atoms with Crippen LogP contribution in [0.2, 0.25) is 0 Å². The van der Waals surface area contributed by atoms with Gasteiger partial charge in [-0.25, -0.2) is 0 Å². The highest BCUT2D eigenvalue weighted by molar-refractivity contribution is 9.10. The number of nitrogens with two attached hydrogens (primary N) is 1. The van der Waals surface area contributed by atoms with Crippen molar-refractivity contribution in [2.45, 2.75) is 26.2 Å². The van der Waals surface area contributed by atoms with Gasteiger partial charge in [-0.2, -0.15) is 12.7 Å². The molecule has 0 atom stereocenters. The molecular formula is C12H18BrN3O2S. The molecule has 1 aromatic carbocycles. The molecule has 0 amide bonds. The summed E-state index contributed by atoms with van der Waals surface area (Å²) in [5, 5.41) is 0. The molecular weight excluding hydrogens is 330 g/mol. The van der Waals surface area contributed by atoms with Crippen LogP contribution in [-0.4, -0.2) is 25.8 Å². The first-order valence-electron chi connectivity index (χ1n) is 6.23. The molecule has 0 spiro atoms. The van der Waals surface area contributed by atoms with Crippen LogP contribution < -0.4 is 10.5 Å². The Morgan fingerprint density at radius 3 is 2.53 bits per heavy atom. The predicted molar refractivity (Wildman–Crippen MR) is 81.3 cm³/mol. The smallest absolute Gasteiger partial charge is 0.301 e. The quantitative estimate of drug-likeness (QED) is 0.824. The predicted octanol–water partition coefficient (Wildman–Crippen LogP) is 2.48. The van der Waals surface area contributed by atoms with E-state index in [0.29, 0.717) is 28.9 Å². The summed E-state index contributed by atoms with van der Waals surface area (Å²) in [6, 6.07) is 3.45. The van der Waals surface area contributed by atoms with Crippen molar-refractivity contribution in [1.82, 2.24) is 4.31 Å². The third-order valence-corrected chi connectivity index (χ3v) is 5.43. The van der Waals surface area contributed by atoms with E-state index in [4.69, 9.17) is 5.73 Å². The summed E-state index contributed by atoms with van der Waals surface area (Å²) in [5.41, 5.74) is 7.78. The van der Waals surface area contributed by atoms with Crippen molar-refractivity contribution >= 4 is 37.5 Å². The summed E-state index contributed by atoms with van der Waals surface area (Å²) >= 11 is 3.36. The summed E-state index contributed by atoms with van der Waals surface area (Å²) in [5.74, 6) is 0. The van der Waals surface area contributed by atoms with Crippen molar-refractivity contribution in [3.8, 4) is 0 Å². The van der Waals surface area contributed by atoms with Crippen molar-refractivity contribution in [2.24, 2.45) is 0 Å². The van der Waals surface area contributed by atoms with Crippen LogP contribution in [0.15, 0.2) is 16.6 Å². The minimum atomic E-state index is -3.49. The minimum absolute atomic E-state index is 0.480. The van der Waals surface area contributed by atoms with Gasteiger partial charge in [0.2, 0.25) is 0 Å². The van der Waals surface area contributed by atoms with Gasteiger partial charge in [-0.3, -0.25) is 4.72 Å². The highest BCUT2D eigenvalue weighted by Crippen LogP contribution is 2.29. The topological polar surface area (TPSA) is 75.4 Å². The molecule has 0 aromatic heterocycles. The number of hydrogen-bond donors (Lipinski definition) is 2. The normalized spacial score (nSPS) is 17.4. The largest absolute Gasteiger partial charge is 0.398 e. The van der Waals surface area contributed by atoms with E-state index in [-0.39, 0.29) is 0 Å². The molecule has 1 aliphatic rings. The van der Waals surface area contributed by atoms with Gasteiger partial charge < -0.3 is 5.73 Å². The summed E-state index contributed by atoms with van der Waals surface area (Å²) in [4.78, 5) is 0. The van der Waals surface area contributed by atoms with Gasteiger partial charge in [-0.05, 0) is 53.4 Å². The molecule has 0 bridgehead atoms. The van der Waals surface area contributed by atoms with E-state index < -0.39 is 10.2 Å². The monoisotopic (exact) mass is 347 g/mol. The van der Waals surface area contributed by atoms with Crippen molar-refractivity contribution in [3.63, 3.8) is 0 Å². The third-order valence-electron chi connectivity index (χ3n) is 3.25. The van der Waals surface area contributed by atoms with Crippen LogP contribution in [0.4, 0.5) is 11.4 Å². The molecule has 1 heterocycles. The molecule has 7 heteroatoms. The lowest BCUT2D eigenvalue weighted by molar-refractivity contribution is 0.349. The van der Waals surface area contributed by atoms with Crippen molar-refractivity contribution in [2.75, 3.05) is 23.5 Å². The van der Waals surface area contributed by atoms with Crippen LogP contribution in [0.1, 0.15) is 24.8 Å². The number of nitrogen functional groups attached to an aromatic ring is 1. The second-order valence-corrected chi connectivity index (χ2v) is 7.28. The fourth-order valence-electron chi connectivity index (χ4n) is 2.08. The number of nitrogens with zero attached hydrogens (tertiary/aromatic N) is 1. The number of hydrogen-bond acceptors (Lipinski definition) is 3. The number of piperidine rings is 1. The Hall–Kier alpha value is -0.790. The Morgan fingerprint density at radius 1 is 1.26 bits per heavy atom. The Morgan fingerprint density at radius 2 is 1.89 bits per heavy atom. The number of rotatable bonds is 3. The molecule has 0 saturated carbocycles. The van der Waals surface area contributed by atoms with E-state index >= 15 is 0 Å². The van der Waals surface area contributed by atoms with Gasteiger partial charge >= 0.3 is 10.2 Å². The Bertz CT molecular complexity index is 569. The number of nitrogens with one attached hydrogen (secondary N) is 1. The van der Waals surface area contributed by atoms with Gasteiger partial charge in [0, 0.05) is 23.2 Å². The molecule has 0 aliphatic carbocycles. The van der Waals surface area contributed by atoms with Crippen LogP contribution in [-0.2, 0) is 10.2 Å². The third kappa shape index (κ3) is 3.40. The lowest BCUT2D eigenvalue weighted by Crippen LogP contribution is -2.39. The van der Waals surface area contributed by atoms with Crippen LogP contribution in [0.3, 0.4) is 0 Å². The maximum Gasteiger partial charge on any atom is 0.301 e. The van der Waals surface area contributed by atoms with Crippen molar-refractivity contribution in [1.29, 1.82) is 0 Å². The SMILES string of the molecule is Cc1cc(Br)c(NS(=O)(=O)N2CCCCC2)cc1N. The highest BCUT2D eigenvalue weighted by atomic mass is 79.9. The van der Waals surface area contributed by atoms with Crippen LogP contribution >= 0.6 is 15.9 Å². The Kier molecular flexibility index (Phi) is 4.37. The van der Waals surface area contributed by atoms with E-state index in [1.54, 1.807) is 6.07 Å². The van der Waals surface area contributed by atoms with Crippen molar-refractivity contribution in [3.05, 3.63) is 22.2 Å². The molecule has 0 unspecified atom stereocenters. The van der Waals surface area contributed by atoms with Crippen LogP contribution in [0.5, 0.6) is 0 Å². The molecule has 1 saturated heterocycles. The van der Waals surface area contributed by atoms with E-state index in [0.717, 1.165) is 24.8 Å². The molecule has 2 rings (SSSR count). The van der Waals surface area contributed by atoms with Gasteiger partial charge in [0.05, 0.1) is 5.69 Å². The fraction of sp³-hybridized carbons (Fsp3) is 0.500. The molecule has 106 valence electrons. The summed E-state index contributed by atoms with van der Waals surface area (Å²) in [6.07, 6.45) is 2.92. The first kappa shape index (κ1) is 14.6. The molecule has 1 aliphatic heterocycles. The lowest BCUT2D eigenvalue weighted by Gasteiger charge is -2.26. The van der Waals surface area contributed by atoms with Gasteiger partial charge in [0.25, 0.3) is 0 Å². The Labute approximate surface area is 122 Å². The standard InChI is InChI=1S/C12H18BrN3O2S/c1-9-7-10(13)12(8-11(9)14)15-19(17,18)16-5-3-2-4-6-16/h7-8,15H,2-6,14H2,1H3. The number of aryl methyl sites for hydroxylation is 1. The molecule has 1 fully saturated rings. The first-order valence-corrected chi connectivity index (χ1v) is 8.47. The van der Waals surface area contributed by atoms with E-state index in [9.17, 15) is 8.42 Å². The average Bonchev–Trinajstić information content (AvgIpc) is 2.37. The number of anilines is 2. The van der Waals surface area contributed by atoms with Gasteiger partial charge in [0.15, 0.2) is 0 Å². The maximum absolute atomic E-state index is 12.3. The summed E-state index contributed by atoms with van der Waals surface area (Å²) < 4.78 is 29.3. The van der Waals surface area contributed by atoms with Crippen LogP contribution in [0.25, 0.3) is 0 Å². The van der Waals surface area contributed by atoms with Gasteiger partial charge in [-0.1, -0.05) is 6.42 Å².